The minimum absolute atomic E-state index is 0.0337. The molecule has 0 atom stereocenters. The molecule has 0 spiro atoms. The summed E-state index contributed by atoms with van der Waals surface area (Å²) in [6.45, 7) is 2.63. The molecule has 0 aromatic heterocycles. The molecule has 0 unspecified atom stereocenters. The number of aliphatic hydroxyl groups is 1. The van der Waals surface area contributed by atoms with Gasteiger partial charge in [-0.2, -0.15) is 4.31 Å². The second-order valence-electron chi connectivity index (χ2n) is 4.11. The fourth-order valence-corrected chi connectivity index (χ4v) is 3.27. The van der Waals surface area contributed by atoms with Crippen LogP contribution in [0, 0.1) is 11.8 Å². The summed E-state index contributed by atoms with van der Waals surface area (Å²) in [4.78, 5) is 0.209. The van der Waals surface area contributed by atoms with Gasteiger partial charge in [-0.1, -0.05) is 24.8 Å². The van der Waals surface area contributed by atoms with Gasteiger partial charge in [-0.15, -0.1) is 0 Å². The van der Waals surface area contributed by atoms with Gasteiger partial charge in [0.05, 0.1) is 11.4 Å². The summed E-state index contributed by atoms with van der Waals surface area (Å²) in [6.07, 6.45) is 0.416. The van der Waals surface area contributed by atoms with Crippen molar-refractivity contribution in [2.45, 2.75) is 18.2 Å². The summed E-state index contributed by atoms with van der Waals surface area (Å²) in [5.41, 5.74) is 5.92. The second kappa shape index (κ2) is 8.02. The predicted octanol–water partition coefficient (Wildman–Crippen LogP) is 0.390. The molecule has 1 rings (SSSR count). The van der Waals surface area contributed by atoms with Crippen LogP contribution in [0.4, 0.5) is 0 Å². The molecule has 0 saturated carbocycles. The van der Waals surface area contributed by atoms with Gasteiger partial charge in [0, 0.05) is 25.3 Å². The Balaban J connectivity index is 3.07. The van der Waals surface area contributed by atoms with Crippen LogP contribution in [0.25, 0.3) is 0 Å². The zero-order chi connectivity index (χ0) is 15.0. The lowest BCUT2D eigenvalue weighted by Gasteiger charge is -2.20. The number of nitrogens with zero attached hydrogens (tertiary/aromatic N) is 1. The van der Waals surface area contributed by atoms with E-state index in [1.807, 2.05) is 0 Å². The van der Waals surface area contributed by atoms with E-state index in [-0.39, 0.29) is 18.0 Å². The van der Waals surface area contributed by atoms with E-state index >= 15 is 0 Å². The standard InChI is InChI=1S/C14H20N2O3S/c1-2-16(10-5-11-17)20(18,19)14-8-3-6-13(12-14)7-4-9-15/h3,6,8,12,17H,2,5,9-11,15H2,1H3. The summed E-state index contributed by atoms with van der Waals surface area (Å²) in [5, 5.41) is 8.84. The first-order chi connectivity index (χ1) is 9.56. The molecule has 0 amide bonds. The third-order valence-electron chi connectivity index (χ3n) is 2.72. The molecular weight excluding hydrogens is 276 g/mol. The molecule has 0 aliphatic carbocycles. The molecule has 0 radical (unpaired) electrons. The quantitative estimate of drug-likeness (QED) is 0.744. The molecule has 0 bridgehead atoms. The Morgan fingerprint density at radius 1 is 1.40 bits per heavy atom. The van der Waals surface area contributed by atoms with Crippen molar-refractivity contribution in [3.05, 3.63) is 29.8 Å². The minimum Gasteiger partial charge on any atom is -0.396 e. The van der Waals surface area contributed by atoms with Crippen molar-refractivity contribution in [3.8, 4) is 11.8 Å². The zero-order valence-electron chi connectivity index (χ0n) is 11.5. The molecule has 20 heavy (non-hydrogen) atoms. The number of hydrogen-bond acceptors (Lipinski definition) is 4. The van der Waals surface area contributed by atoms with Gasteiger partial charge in [-0.3, -0.25) is 0 Å². The maximum Gasteiger partial charge on any atom is 0.243 e. The minimum atomic E-state index is -3.55. The average Bonchev–Trinajstić information content (AvgIpc) is 2.46. The highest BCUT2D eigenvalue weighted by molar-refractivity contribution is 7.89. The molecule has 6 heteroatoms. The summed E-state index contributed by atoms with van der Waals surface area (Å²) in [5.74, 6) is 5.52. The van der Waals surface area contributed by atoms with Crippen LogP contribution in [-0.2, 0) is 10.0 Å². The average molecular weight is 296 g/mol. The smallest absolute Gasteiger partial charge is 0.243 e. The summed E-state index contributed by atoms with van der Waals surface area (Å²) < 4.78 is 26.3. The van der Waals surface area contributed by atoms with Crippen LogP contribution in [0.15, 0.2) is 29.2 Å². The first-order valence-electron chi connectivity index (χ1n) is 6.46. The van der Waals surface area contributed by atoms with Crippen LogP contribution in [0.2, 0.25) is 0 Å². The molecule has 1 aromatic rings. The predicted molar refractivity (Wildman–Crippen MR) is 78.5 cm³/mol. The van der Waals surface area contributed by atoms with Crippen LogP contribution >= 0.6 is 0 Å². The Morgan fingerprint density at radius 2 is 2.15 bits per heavy atom. The molecule has 5 nitrogen and oxygen atoms in total. The molecule has 3 N–H and O–H groups in total. The number of benzene rings is 1. The van der Waals surface area contributed by atoms with Crippen molar-refractivity contribution in [2.24, 2.45) is 5.73 Å². The van der Waals surface area contributed by atoms with Gasteiger partial charge in [0.2, 0.25) is 10.0 Å². The van der Waals surface area contributed by atoms with Gasteiger partial charge in [0.1, 0.15) is 0 Å². The van der Waals surface area contributed by atoms with Gasteiger partial charge >= 0.3 is 0 Å². The van der Waals surface area contributed by atoms with Crippen LogP contribution in [0.1, 0.15) is 18.9 Å². The van der Waals surface area contributed by atoms with Crippen LogP contribution in [0.5, 0.6) is 0 Å². The Hall–Kier alpha value is -1.39. The first-order valence-corrected chi connectivity index (χ1v) is 7.90. The topological polar surface area (TPSA) is 83.6 Å². The molecule has 1 aromatic carbocycles. The number of sulfonamides is 1. The van der Waals surface area contributed by atoms with E-state index in [0.29, 0.717) is 25.1 Å². The Kier molecular flexibility index (Phi) is 6.68. The summed E-state index contributed by atoms with van der Waals surface area (Å²) >= 11 is 0. The number of nitrogens with two attached hydrogens (primary N) is 1. The fraction of sp³-hybridized carbons (Fsp3) is 0.429. The van der Waals surface area contributed by atoms with Gasteiger partial charge in [-0.05, 0) is 24.6 Å². The Labute approximate surface area is 120 Å². The van der Waals surface area contributed by atoms with E-state index < -0.39 is 10.0 Å². The number of aliphatic hydroxyl groups excluding tert-OH is 1. The van der Waals surface area contributed by atoms with E-state index in [9.17, 15) is 8.42 Å². The van der Waals surface area contributed by atoms with E-state index in [0.717, 1.165) is 0 Å². The summed E-state index contributed by atoms with van der Waals surface area (Å²) in [7, 11) is -3.55. The number of rotatable bonds is 6. The first kappa shape index (κ1) is 16.7. The molecule has 0 aliphatic rings. The zero-order valence-corrected chi connectivity index (χ0v) is 12.4. The van der Waals surface area contributed by atoms with Crippen molar-refractivity contribution in [3.63, 3.8) is 0 Å². The van der Waals surface area contributed by atoms with Crippen molar-refractivity contribution in [2.75, 3.05) is 26.2 Å². The van der Waals surface area contributed by atoms with E-state index in [4.69, 9.17) is 10.8 Å². The maximum absolute atomic E-state index is 12.5. The molecule has 110 valence electrons. The van der Waals surface area contributed by atoms with Gasteiger partial charge in [0.15, 0.2) is 0 Å². The molecular formula is C14H20N2O3S. The monoisotopic (exact) mass is 296 g/mol. The van der Waals surface area contributed by atoms with E-state index in [1.54, 1.807) is 31.2 Å². The third-order valence-corrected chi connectivity index (χ3v) is 4.70. The second-order valence-corrected chi connectivity index (χ2v) is 6.05. The molecule has 0 heterocycles. The fourth-order valence-electron chi connectivity index (χ4n) is 1.73. The SMILES string of the molecule is CCN(CCCO)S(=O)(=O)c1cccc(C#CCN)c1. The number of hydrogen-bond donors (Lipinski definition) is 2. The molecule has 0 fully saturated rings. The lowest BCUT2D eigenvalue weighted by Crippen LogP contribution is -2.32. The van der Waals surface area contributed by atoms with Crippen molar-refractivity contribution < 1.29 is 13.5 Å². The van der Waals surface area contributed by atoms with Gasteiger partial charge < -0.3 is 10.8 Å². The maximum atomic E-state index is 12.5. The Bertz CT molecular complexity index is 588. The van der Waals surface area contributed by atoms with Crippen LogP contribution in [0.3, 0.4) is 0 Å². The van der Waals surface area contributed by atoms with Crippen molar-refractivity contribution in [1.29, 1.82) is 0 Å². The van der Waals surface area contributed by atoms with Crippen molar-refractivity contribution >= 4 is 10.0 Å². The highest BCUT2D eigenvalue weighted by Crippen LogP contribution is 2.17. The largest absolute Gasteiger partial charge is 0.396 e. The van der Waals surface area contributed by atoms with Crippen LogP contribution < -0.4 is 5.73 Å². The van der Waals surface area contributed by atoms with Crippen molar-refractivity contribution in [1.82, 2.24) is 4.31 Å². The summed E-state index contributed by atoms with van der Waals surface area (Å²) in [6, 6.07) is 6.49. The van der Waals surface area contributed by atoms with E-state index in [1.165, 1.54) is 4.31 Å². The highest BCUT2D eigenvalue weighted by Gasteiger charge is 2.22. The van der Waals surface area contributed by atoms with Gasteiger partial charge in [-0.25, -0.2) is 8.42 Å². The lowest BCUT2D eigenvalue weighted by molar-refractivity contribution is 0.271. The highest BCUT2D eigenvalue weighted by atomic mass is 32.2. The van der Waals surface area contributed by atoms with Crippen LogP contribution in [-0.4, -0.2) is 44.1 Å². The van der Waals surface area contributed by atoms with Gasteiger partial charge in [0.25, 0.3) is 0 Å². The third kappa shape index (κ3) is 4.32. The normalized spacial score (nSPS) is 11.2. The Morgan fingerprint density at radius 3 is 2.75 bits per heavy atom. The lowest BCUT2D eigenvalue weighted by atomic mass is 10.2. The van der Waals surface area contributed by atoms with E-state index in [2.05, 4.69) is 11.8 Å². The molecule has 0 aliphatic heterocycles. The molecule has 0 saturated heterocycles.